The van der Waals surface area contributed by atoms with Gasteiger partial charge in [-0.1, -0.05) is 13.0 Å². The lowest BCUT2D eigenvalue weighted by Crippen LogP contribution is -2.41. The first kappa shape index (κ1) is 15.2. The van der Waals surface area contributed by atoms with Crippen LogP contribution in [0.5, 0.6) is 0 Å². The summed E-state index contributed by atoms with van der Waals surface area (Å²) in [5.41, 5.74) is 0.573. The van der Waals surface area contributed by atoms with Gasteiger partial charge in [-0.2, -0.15) is 0 Å². The zero-order chi connectivity index (χ0) is 15.1. The van der Waals surface area contributed by atoms with E-state index in [9.17, 15) is 9.59 Å². The largest absolute Gasteiger partial charge is 0.331 e. The number of aryl methyl sites for hydroxylation is 1. The molecule has 0 aromatic carbocycles. The molecule has 2 aromatic rings. The van der Waals surface area contributed by atoms with Crippen LogP contribution in [-0.4, -0.2) is 20.7 Å². The first-order valence-corrected chi connectivity index (χ1v) is 7.12. The lowest BCUT2D eigenvalue weighted by molar-refractivity contribution is 0.520. The predicted octanol–water partition coefficient (Wildman–Crippen LogP) is 0.605. The van der Waals surface area contributed by atoms with Gasteiger partial charge in [0.1, 0.15) is 0 Å². The van der Waals surface area contributed by atoms with Crippen molar-refractivity contribution in [2.45, 2.75) is 33.0 Å². The summed E-state index contributed by atoms with van der Waals surface area (Å²) >= 11 is 0. The van der Waals surface area contributed by atoms with Crippen molar-refractivity contribution in [2.75, 3.05) is 6.54 Å². The molecule has 0 aliphatic rings. The third-order valence-electron chi connectivity index (χ3n) is 3.17. The van der Waals surface area contributed by atoms with E-state index in [1.165, 1.54) is 10.6 Å². The fourth-order valence-corrected chi connectivity index (χ4v) is 2.10. The monoisotopic (exact) mass is 288 g/mol. The van der Waals surface area contributed by atoms with Gasteiger partial charge in [0.2, 0.25) is 0 Å². The summed E-state index contributed by atoms with van der Waals surface area (Å²) in [5.74, 6) is 0. The van der Waals surface area contributed by atoms with Crippen LogP contribution in [0.3, 0.4) is 0 Å². The van der Waals surface area contributed by atoms with Crippen molar-refractivity contribution in [3.8, 4) is 0 Å². The second kappa shape index (κ2) is 7.54. The highest BCUT2D eigenvalue weighted by molar-refractivity contribution is 5.07. The van der Waals surface area contributed by atoms with Crippen LogP contribution >= 0.6 is 0 Å². The lowest BCUT2D eigenvalue weighted by atomic mass is 10.3. The topological polar surface area (TPSA) is 68.9 Å². The molecule has 6 heteroatoms. The SMILES string of the molecule is CCCn1ccc(=O)n(CCNCc2cccnc2)c1=O. The number of rotatable bonds is 7. The van der Waals surface area contributed by atoms with E-state index in [0.717, 1.165) is 12.0 Å². The summed E-state index contributed by atoms with van der Waals surface area (Å²) in [5, 5.41) is 3.21. The Kier molecular flexibility index (Phi) is 5.45. The van der Waals surface area contributed by atoms with Crippen molar-refractivity contribution in [1.82, 2.24) is 19.4 Å². The summed E-state index contributed by atoms with van der Waals surface area (Å²) in [7, 11) is 0. The molecule has 2 rings (SSSR count). The molecule has 1 N–H and O–H groups in total. The number of nitrogens with one attached hydrogen (secondary N) is 1. The van der Waals surface area contributed by atoms with E-state index in [1.54, 1.807) is 23.2 Å². The van der Waals surface area contributed by atoms with Crippen molar-refractivity contribution in [1.29, 1.82) is 0 Å². The fourth-order valence-electron chi connectivity index (χ4n) is 2.10. The average Bonchev–Trinajstić information content (AvgIpc) is 2.50. The van der Waals surface area contributed by atoms with Crippen LogP contribution in [0.4, 0.5) is 0 Å². The van der Waals surface area contributed by atoms with Crippen molar-refractivity contribution >= 4 is 0 Å². The molecule has 0 spiro atoms. The molecule has 0 aliphatic heterocycles. The van der Waals surface area contributed by atoms with E-state index >= 15 is 0 Å². The van der Waals surface area contributed by atoms with Gasteiger partial charge in [-0.15, -0.1) is 0 Å². The fraction of sp³-hybridized carbons (Fsp3) is 0.400. The number of aromatic nitrogens is 3. The number of pyridine rings is 1. The number of nitrogens with zero attached hydrogens (tertiary/aromatic N) is 3. The smallest absolute Gasteiger partial charge is 0.311 e. The van der Waals surface area contributed by atoms with E-state index in [-0.39, 0.29) is 11.2 Å². The molecule has 0 fully saturated rings. The Morgan fingerprint density at radius 3 is 2.81 bits per heavy atom. The van der Waals surface area contributed by atoms with Crippen LogP contribution < -0.4 is 16.6 Å². The maximum atomic E-state index is 12.1. The normalized spacial score (nSPS) is 10.7. The van der Waals surface area contributed by atoms with E-state index in [4.69, 9.17) is 0 Å². The summed E-state index contributed by atoms with van der Waals surface area (Å²) in [6.07, 6.45) is 5.93. The maximum Gasteiger partial charge on any atom is 0.331 e. The molecular weight excluding hydrogens is 268 g/mol. The molecule has 0 saturated heterocycles. The second-order valence-corrected chi connectivity index (χ2v) is 4.82. The summed E-state index contributed by atoms with van der Waals surface area (Å²) in [6.45, 7) is 4.21. The molecule has 112 valence electrons. The Bertz CT molecular complexity index is 676. The van der Waals surface area contributed by atoms with Crippen molar-refractivity contribution in [3.63, 3.8) is 0 Å². The van der Waals surface area contributed by atoms with E-state index in [0.29, 0.717) is 26.2 Å². The Labute approximate surface area is 123 Å². The minimum Gasteiger partial charge on any atom is -0.311 e. The van der Waals surface area contributed by atoms with E-state index in [2.05, 4.69) is 10.3 Å². The Balaban J connectivity index is 1.95. The van der Waals surface area contributed by atoms with Crippen LogP contribution in [0.15, 0.2) is 46.4 Å². The van der Waals surface area contributed by atoms with Gasteiger partial charge in [0.05, 0.1) is 0 Å². The highest BCUT2D eigenvalue weighted by atomic mass is 16.2. The zero-order valence-corrected chi connectivity index (χ0v) is 12.2. The van der Waals surface area contributed by atoms with Crippen molar-refractivity contribution < 1.29 is 0 Å². The molecule has 2 aromatic heterocycles. The quantitative estimate of drug-likeness (QED) is 0.758. The second-order valence-electron chi connectivity index (χ2n) is 4.82. The van der Waals surface area contributed by atoms with E-state index in [1.807, 2.05) is 19.1 Å². The minimum atomic E-state index is -0.254. The van der Waals surface area contributed by atoms with Gasteiger partial charge >= 0.3 is 5.69 Å². The molecule has 6 nitrogen and oxygen atoms in total. The molecule has 0 radical (unpaired) electrons. The van der Waals surface area contributed by atoms with Gasteiger partial charge in [0.25, 0.3) is 5.56 Å². The lowest BCUT2D eigenvalue weighted by Gasteiger charge is -2.09. The van der Waals surface area contributed by atoms with E-state index < -0.39 is 0 Å². The molecule has 21 heavy (non-hydrogen) atoms. The molecule has 0 unspecified atom stereocenters. The van der Waals surface area contributed by atoms with Gasteiger partial charge in [-0.05, 0) is 18.1 Å². The molecule has 2 heterocycles. The summed E-state index contributed by atoms with van der Waals surface area (Å²) < 4.78 is 2.84. The molecule has 0 saturated carbocycles. The molecule has 0 aliphatic carbocycles. The Morgan fingerprint density at radius 2 is 2.10 bits per heavy atom. The molecule has 0 atom stereocenters. The van der Waals surface area contributed by atoms with Crippen molar-refractivity contribution in [2.24, 2.45) is 0 Å². The molecule has 0 bridgehead atoms. The highest BCUT2D eigenvalue weighted by Gasteiger charge is 2.04. The minimum absolute atomic E-state index is 0.243. The van der Waals surface area contributed by atoms with Gasteiger partial charge in [0.15, 0.2) is 0 Å². The van der Waals surface area contributed by atoms with Crippen LogP contribution in [0, 0.1) is 0 Å². The summed E-state index contributed by atoms with van der Waals surface area (Å²) in [4.78, 5) is 27.9. The zero-order valence-electron chi connectivity index (χ0n) is 12.2. The first-order chi connectivity index (χ1) is 10.2. The third kappa shape index (κ3) is 4.13. The standard InChI is InChI=1S/C15H20N4O2/c1-2-8-18-9-5-14(20)19(15(18)21)10-7-17-12-13-4-3-6-16-11-13/h3-6,9,11,17H,2,7-8,10,12H2,1H3. The van der Waals surface area contributed by atoms with Crippen LogP contribution in [0.1, 0.15) is 18.9 Å². The maximum absolute atomic E-state index is 12.1. The first-order valence-electron chi connectivity index (χ1n) is 7.12. The van der Waals surface area contributed by atoms with Gasteiger partial charge < -0.3 is 9.88 Å². The van der Waals surface area contributed by atoms with Gasteiger partial charge in [-0.3, -0.25) is 14.3 Å². The molecular formula is C15H20N4O2. The average molecular weight is 288 g/mol. The highest BCUT2D eigenvalue weighted by Crippen LogP contribution is 1.93. The Morgan fingerprint density at radius 1 is 1.24 bits per heavy atom. The van der Waals surface area contributed by atoms with Gasteiger partial charge in [-0.25, -0.2) is 4.79 Å². The third-order valence-corrected chi connectivity index (χ3v) is 3.17. The molecule has 0 amide bonds. The van der Waals surface area contributed by atoms with Gasteiger partial charge in [0, 0.05) is 50.8 Å². The number of hydrogen-bond acceptors (Lipinski definition) is 4. The van der Waals surface area contributed by atoms with Crippen LogP contribution in [-0.2, 0) is 19.6 Å². The predicted molar refractivity (Wildman–Crippen MR) is 81.2 cm³/mol. The summed E-state index contributed by atoms with van der Waals surface area (Å²) in [6, 6.07) is 5.29. The van der Waals surface area contributed by atoms with Crippen LogP contribution in [0.25, 0.3) is 0 Å². The van der Waals surface area contributed by atoms with Crippen LogP contribution in [0.2, 0.25) is 0 Å². The van der Waals surface area contributed by atoms with Crippen molar-refractivity contribution in [3.05, 3.63) is 63.2 Å². The number of hydrogen-bond donors (Lipinski definition) is 1. The Hall–Kier alpha value is -2.21.